The van der Waals surface area contributed by atoms with Gasteiger partial charge < -0.3 is 10.7 Å². The minimum absolute atomic E-state index is 0.0588. The van der Waals surface area contributed by atoms with Crippen LogP contribution in [0, 0.1) is 0 Å². The molecule has 2 rings (SSSR count). The zero-order valence-corrected chi connectivity index (χ0v) is 9.07. The quantitative estimate of drug-likeness (QED) is 0.718. The molecule has 1 aromatic rings. The first-order chi connectivity index (χ1) is 7.10. The lowest BCUT2D eigenvalue weighted by Gasteiger charge is -2.29. The Morgan fingerprint density at radius 2 is 2.40 bits per heavy atom. The Bertz CT molecular complexity index is 414. The van der Waals surface area contributed by atoms with Crippen LogP contribution in [-0.4, -0.2) is 41.8 Å². The number of nitrogens with one attached hydrogen (secondary N) is 1. The van der Waals surface area contributed by atoms with Gasteiger partial charge in [0.25, 0.3) is 10.0 Å². The summed E-state index contributed by atoms with van der Waals surface area (Å²) in [6.45, 7) is 0.927. The Hall–Kier alpha value is -0.920. The molecule has 0 unspecified atom stereocenters. The van der Waals surface area contributed by atoms with Crippen molar-refractivity contribution in [1.29, 1.82) is 0 Å². The fraction of sp³-hybridized carbons (Fsp3) is 0.625. The van der Waals surface area contributed by atoms with Crippen LogP contribution >= 0.6 is 0 Å². The number of H-pyrrole nitrogens is 1. The summed E-state index contributed by atoms with van der Waals surface area (Å²) >= 11 is 0. The van der Waals surface area contributed by atoms with E-state index in [1.165, 1.54) is 16.8 Å². The van der Waals surface area contributed by atoms with Crippen molar-refractivity contribution in [3.63, 3.8) is 0 Å². The van der Waals surface area contributed by atoms with Gasteiger partial charge in [0, 0.05) is 19.1 Å². The van der Waals surface area contributed by atoms with Crippen LogP contribution in [-0.2, 0) is 10.0 Å². The third-order valence-electron chi connectivity index (χ3n) is 2.51. The molecule has 7 heteroatoms. The summed E-state index contributed by atoms with van der Waals surface area (Å²) in [6.07, 6.45) is 4.37. The topological polar surface area (TPSA) is 92.1 Å². The van der Waals surface area contributed by atoms with Crippen molar-refractivity contribution in [2.45, 2.75) is 23.9 Å². The Balaban J connectivity index is 2.22. The molecule has 0 aromatic carbocycles. The van der Waals surface area contributed by atoms with E-state index in [0.29, 0.717) is 13.1 Å². The van der Waals surface area contributed by atoms with Crippen molar-refractivity contribution < 1.29 is 8.42 Å². The lowest BCUT2D eigenvalue weighted by atomic mass is 10.1. The van der Waals surface area contributed by atoms with Crippen molar-refractivity contribution in [3.05, 3.63) is 12.5 Å². The van der Waals surface area contributed by atoms with Gasteiger partial charge >= 0.3 is 0 Å². The highest BCUT2D eigenvalue weighted by Crippen LogP contribution is 2.17. The summed E-state index contributed by atoms with van der Waals surface area (Å²) in [5.41, 5.74) is 5.74. The maximum atomic E-state index is 12.0. The zero-order valence-electron chi connectivity index (χ0n) is 8.26. The van der Waals surface area contributed by atoms with E-state index in [2.05, 4.69) is 9.97 Å². The monoisotopic (exact) mass is 230 g/mol. The van der Waals surface area contributed by atoms with Crippen LogP contribution < -0.4 is 5.73 Å². The van der Waals surface area contributed by atoms with E-state index in [0.717, 1.165) is 12.8 Å². The van der Waals surface area contributed by atoms with E-state index in [9.17, 15) is 8.42 Å². The summed E-state index contributed by atoms with van der Waals surface area (Å²) in [5.74, 6) is 0. The lowest BCUT2D eigenvalue weighted by molar-refractivity contribution is 0.315. The van der Waals surface area contributed by atoms with Crippen LogP contribution in [0.15, 0.2) is 17.6 Å². The fourth-order valence-electron chi connectivity index (χ4n) is 1.72. The highest BCUT2D eigenvalue weighted by atomic mass is 32.2. The Kier molecular flexibility index (Phi) is 2.76. The first-order valence-electron chi connectivity index (χ1n) is 4.85. The molecule has 1 aromatic heterocycles. The number of imidazole rings is 1. The molecule has 1 saturated heterocycles. The van der Waals surface area contributed by atoms with Gasteiger partial charge in [-0.1, -0.05) is 0 Å². The smallest absolute Gasteiger partial charge is 0.260 e. The molecular weight excluding hydrogens is 216 g/mol. The normalized spacial score (nSPS) is 24.2. The number of hydrogen-bond donors (Lipinski definition) is 2. The molecule has 1 aliphatic rings. The minimum atomic E-state index is -3.42. The largest absolute Gasteiger partial charge is 0.335 e. The van der Waals surface area contributed by atoms with Gasteiger partial charge in [0.15, 0.2) is 5.03 Å². The van der Waals surface area contributed by atoms with Gasteiger partial charge in [-0.05, 0) is 12.8 Å². The maximum Gasteiger partial charge on any atom is 0.260 e. The van der Waals surface area contributed by atoms with Crippen molar-refractivity contribution in [2.75, 3.05) is 13.1 Å². The minimum Gasteiger partial charge on any atom is -0.335 e. The molecule has 15 heavy (non-hydrogen) atoms. The first kappa shape index (κ1) is 10.6. The van der Waals surface area contributed by atoms with Gasteiger partial charge in [0.2, 0.25) is 0 Å². The molecule has 3 N–H and O–H groups in total. The van der Waals surface area contributed by atoms with Gasteiger partial charge in [-0.15, -0.1) is 0 Å². The van der Waals surface area contributed by atoms with Crippen LogP contribution in [0.1, 0.15) is 12.8 Å². The molecule has 0 saturated carbocycles. The van der Waals surface area contributed by atoms with Crippen LogP contribution in [0.25, 0.3) is 0 Å². The van der Waals surface area contributed by atoms with Crippen molar-refractivity contribution in [3.8, 4) is 0 Å². The van der Waals surface area contributed by atoms with E-state index < -0.39 is 10.0 Å². The highest BCUT2D eigenvalue weighted by Gasteiger charge is 2.29. The predicted molar refractivity (Wildman–Crippen MR) is 54.6 cm³/mol. The highest BCUT2D eigenvalue weighted by molar-refractivity contribution is 7.89. The molecule has 1 atom stereocenters. The second-order valence-electron chi connectivity index (χ2n) is 3.68. The maximum absolute atomic E-state index is 12.0. The molecule has 1 fully saturated rings. The number of aromatic nitrogens is 2. The fourth-order valence-corrected chi connectivity index (χ4v) is 3.15. The molecule has 0 radical (unpaired) electrons. The molecule has 6 nitrogen and oxygen atoms in total. The van der Waals surface area contributed by atoms with Crippen LogP contribution in [0.2, 0.25) is 0 Å². The van der Waals surface area contributed by atoms with Gasteiger partial charge in [0.1, 0.15) is 0 Å². The molecule has 0 spiro atoms. The van der Waals surface area contributed by atoms with Crippen LogP contribution in [0.4, 0.5) is 0 Å². The van der Waals surface area contributed by atoms with Gasteiger partial charge in [-0.25, -0.2) is 13.4 Å². The summed E-state index contributed by atoms with van der Waals surface area (Å²) in [5, 5.41) is 0.136. The van der Waals surface area contributed by atoms with E-state index in [-0.39, 0.29) is 11.1 Å². The average Bonchev–Trinajstić information content (AvgIpc) is 2.71. The number of piperidine rings is 1. The molecular formula is C8H14N4O2S. The number of aromatic amines is 1. The average molecular weight is 230 g/mol. The Morgan fingerprint density at radius 3 is 3.00 bits per heavy atom. The van der Waals surface area contributed by atoms with E-state index in [4.69, 9.17) is 5.73 Å². The van der Waals surface area contributed by atoms with E-state index in [1.54, 1.807) is 0 Å². The van der Waals surface area contributed by atoms with E-state index in [1.807, 2.05) is 0 Å². The van der Waals surface area contributed by atoms with Gasteiger partial charge in [-0.2, -0.15) is 4.31 Å². The second kappa shape index (κ2) is 3.92. The third kappa shape index (κ3) is 2.04. The van der Waals surface area contributed by atoms with Gasteiger partial charge in [0.05, 0.1) is 12.5 Å². The summed E-state index contributed by atoms with van der Waals surface area (Å²) in [4.78, 5) is 6.32. The summed E-state index contributed by atoms with van der Waals surface area (Å²) < 4.78 is 25.4. The third-order valence-corrected chi connectivity index (χ3v) is 4.30. The SMILES string of the molecule is N[C@H]1CCCN(S(=O)(=O)c2cnc[nH]2)C1. The number of nitrogens with two attached hydrogens (primary N) is 1. The molecule has 84 valence electrons. The van der Waals surface area contributed by atoms with Crippen molar-refractivity contribution >= 4 is 10.0 Å². The number of nitrogens with zero attached hydrogens (tertiary/aromatic N) is 2. The van der Waals surface area contributed by atoms with Gasteiger partial charge in [-0.3, -0.25) is 0 Å². The molecule has 1 aliphatic heterocycles. The van der Waals surface area contributed by atoms with Crippen LogP contribution in [0.5, 0.6) is 0 Å². The van der Waals surface area contributed by atoms with Crippen LogP contribution in [0.3, 0.4) is 0 Å². The Morgan fingerprint density at radius 1 is 1.60 bits per heavy atom. The summed E-state index contributed by atoms with van der Waals surface area (Å²) in [6, 6.07) is -0.0588. The molecule has 0 bridgehead atoms. The van der Waals surface area contributed by atoms with Crippen molar-refractivity contribution in [1.82, 2.24) is 14.3 Å². The number of sulfonamides is 1. The molecule has 0 amide bonds. The summed E-state index contributed by atoms with van der Waals surface area (Å²) in [7, 11) is -3.42. The Labute approximate surface area is 88.5 Å². The number of hydrogen-bond acceptors (Lipinski definition) is 4. The first-order valence-corrected chi connectivity index (χ1v) is 6.29. The lowest BCUT2D eigenvalue weighted by Crippen LogP contribution is -2.45. The second-order valence-corrected chi connectivity index (χ2v) is 5.59. The molecule has 0 aliphatic carbocycles. The number of rotatable bonds is 2. The predicted octanol–water partition coefficient (Wildman–Crippen LogP) is -0.479. The van der Waals surface area contributed by atoms with E-state index >= 15 is 0 Å². The molecule has 2 heterocycles. The van der Waals surface area contributed by atoms with Crippen molar-refractivity contribution in [2.24, 2.45) is 5.73 Å². The standard InChI is InChI=1S/C8H14N4O2S/c9-7-2-1-3-12(5-7)15(13,14)8-4-10-6-11-8/h4,6-7H,1-3,5,9H2,(H,10,11)/t7-/m0/s1. The zero-order chi connectivity index (χ0) is 10.9.